The minimum absolute atomic E-state index is 0.0532. The number of halogens is 2. The predicted octanol–water partition coefficient (Wildman–Crippen LogP) is 3.76. The number of ether oxygens (including phenoxy) is 1. The van der Waals surface area contributed by atoms with Gasteiger partial charge in [-0.05, 0) is 24.1 Å². The van der Waals surface area contributed by atoms with Crippen molar-refractivity contribution in [1.82, 2.24) is 5.43 Å². The topological polar surface area (TPSA) is 47.3 Å². The molecule has 3 N–H and O–H groups in total. The Labute approximate surface area is 113 Å². The lowest BCUT2D eigenvalue weighted by Crippen LogP contribution is -2.27. The van der Waals surface area contributed by atoms with Crippen molar-refractivity contribution in [3.63, 3.8) is 0 Å². The molecule has 0 saturated carbocycles. The number of hydrogen-bond acceptors (Lipinski definition) is 3. The van der Waals surface area contributed by atoms with E-state index in [4.69, 9.17) is 5.84 Å². The molecule has 0 aliphatic heterocycles. The number of benzene rings is 1. The van der Waals surface area contributed by atoms with E-state index in [0.717, 1.165) is 18.4 Å². The second kappa shape index (κ2) is 8.82. The van der Waals surface area contributed by atoms with Crippen LogP contribution in [0.5, 0.6) is 5.75 Å². The third-order valence-electron chi connectivity index (χ3n) is 3.06. The fourth-order valence-corrected chi connectivity index (χ4v) is 2.00. The number of hydrogen-bond donors (Lipinski definition) is 2. The van der Waals surface area contributed by atoms with Crippen molar-refractivity contribution in [3.8, 4) is 5.75 Å². The van der Waals surface area contributed by atoms with E-state index in [1.165, 1.54) is 31.4 Å². The first-order valence-corrected chi connectivity index (χ1v) is 6.68. The van der Waals surface area contributed by atoms with Crippen LogP contribution in [0.25, 0.3) is 0 Å². The lowest BCUT2D eigenvalue weighted by Gasteiger charge is -2.16. The molecule has 0 saturated heterocycles. The molecule has 0 radical (unpaired) electrons. The van der Waals surface area contributed by atoms with Crippen LogP contribution in [0.3, 0.4) is 0 Å². The Balaban J connectivity index is 2.51. The van der Waals surface area contributed by atoms with Crippen LogP contribution in [0.15, 0.2) is 24.3 Å². The van der Waals surface area contributed by atoms with E-state index in [1.807, 2.05) is 0 Å². The first kappa shape index (κ1) is 15.9. The molecule has 5 heteroatoms. The van der Waals surface area contributed by atoms with Crippen molar-refractivity contribution in [2.75, 3.05) is 0 Å². The van der Waals surface area contributed by atoms with E-state index in [1.54, 1.807) is 12.1 Å². The van der Waals surface area contributed by atoms with E-state index in [2.05, 4.69) is 17.1 Å². The molecule has 1 rings (SSSR count). The van der Waals surface area contributed by atoms with E-state index >= 15 is 0 Å². The van der Waals surface area contributed by atoms with Gasteiger partial charge in [0.1, 0.15) is 5.75 Å². The van der Waals surface area contributed by atoms with Crippen LogP contribution in [0.1, 0.15) is 50.6 Å². The molecule has 0 aromatic heterocycles. The van der Waals surface area contributed by atoms with Gasteiger partial charge < -0.3 is 4.74 Å². The van der Waals surface area contributed by atoms with Crippen LogP contribution in [-0.4, -0.2) is 6.61 Å². The first-order chi connectivity index (χ1) is 9.17. The molecule has 0 spiro atoms. The smallest absolute Gasteiger partial charge is 0.387 e. The average Bonchev–Trinajstić information content (AvgIpc) is 2.40. The van der Waals surface area contributed by atoms with Gasteiger partial charge in [0.05, 0.1) is 0 Å². The second-order valence-electron chi connectivity index (χ2n) is 4.52. The molecule has 19 heavy (non-hydrogen) atoms. The average molecular weight is 272 g/mol. The maximum absolute atomic E-state index is 12.0. The zero-order valence-electron chi connectivity index (χ0n) is 11.2. The van der Waals surface area contributed by atoms with Gasteiger partial charge in [0.2, 0.25) is 0 Å². The molecular weight excluding hydrogens is 250 g/mol. The summed E-state index contributed by atoms with van der Waals surface area (Å²) in [5.74, 6) is 5.70. The molecule has 0 aliphatic carbocycles. The monoisotopic (exact) mass is 272 g/mol. The molecule has 0 aliphatic rings. The number of alkyl halides is 2. The minimum atomic E-state index is -2.79. The molecule has 0 amide bonds. The lowest BCUT2D eigenvalue weighted by molar-refractivity contribution is -0.0498. The number of hydrazine groups is 1. The molecule has 0 bridgehead atoms. The van der Waals surface area contributed by atoms with Crippen LogP contribution in [0.4, 0.5) is 8.78 Å². The Morgan fingerprint density at radius 2 is 1.84 bits per heavy atom. The highest BCUT2D eigenvalue weighted by molar-refractivity contribution is 5.29. The predicted molar refractivity (Wildman–Crippen MR) is 71.9 cm³/mol. The van der Waals surface area contributed by atoms with E-state index in [0.29, 0.717) is 0 Å². The third-order valence-corrected chi connectivity index (χ3v) is 3.06. The van der Waals surface area contributed by atoms with Crippen LogP contribution < -0.4 is 16.0 Å². The quantitative estimate of drug-likeness (QED) is 0.409. The zero-order valence-corrected chi connectivity index (χ0v) is 11.2. The molecular formula is C14H22F2N2O. The van der Waals surface area contributed by atoms with E-state index < -0.39 is 6.61 Å². The summed E-state index contributed by atoms with van der Waals surface area (Å²) < 4.78 is 28.4. The first-order valence-electron chi connectivity index (χ1n) is 6.68. The Hall–Kier alpha value is -1.20. The molecule has 0 heterocycles. The Morgan fingerprint density at radius 1 is 1.16 bits per heavy atom. The van der Waals surface area contributed by atoms with E-state index in [-0.39, 0.29) is 11.8 Å². The Kier molecular flexibility index (Phi) is 7.36. The van der Waals surface area contributed by atoms with Crippen LogP contribution in [0, 0.1) is 0 Å². The van der Waals surface area contributed by atoms with Crippen molar-refractivity contribution in [2.24, 2.45) is 5.84 Å². The van der Waals surface area contributed by atoms with Gasteiger partial charge in [-0.1, -0.05) is 44.7 Å². The summed E-state index contributed by atoms with van der Waals surface area (Å²) in [5, 5.41) is 0. The SMILES string of the molecule is CCCCCCC(NN)c1ccc(OC(F)F)cc1. The highest BCUT2D eigenvalue weighted by Gasteiger charge is 2.10. The highest BCUT2D eigenvalue weighted by Crippen LogP contribution is 2.22. The van der Waals surface area contributed by atoms with Crippen molar-refractivity contribution < 1.29 is 13.5 Å². The summed E-state index contributed by atoms with van der Waals surface area (Å²) in [6, 6.07) is 6.66. The summed E-state index contributed by atoms with van der Waals surface area (Å²) >= 11 is 0. The third kappa shape index (κ3) is 5.98. The molecule has 3 nitrogen and oxygen atoms in total. The lowest BCUT2D eigenvalue weighted by atomic mass is 10.0. The van der Waals surface area contributed by atoms with Crippen LogP contribution in [-0.2, 0) is 0 Å². The summed E-state index contributed by atoms with van der Waals surface area (Å²) in [4.78, 5) is 0. The molecule has 1 aromatic carbocycles. The van der Waals surface area contributed by atoms with Crippen molar-refractivity contribution in [1.29, 1.82) is 0 Å². The second-order valence-corrected chi connectivity index (χ2v) is 4.52. The van der Waals surface area contributed by atoms with Gasteiger partial charge in [0.25, 0.3) is 0 Å². The number of unbranched alkanes of at least 4 members (excludes halogenated alkanes) is 3. The Morgan fingerprint density at radius 3 is 2.37 bits per heavy atom. The van der Waals surface area contributed by atoms with E-state index in [9.17, 15) is 8.78 Å². The minimum Gasteiger partial charge on any atom is -0.435 e. The van der Waals surface area contributed by atoms with Crippen LogP contribution in [0.2, 0.25) is 0 Å². The maximum atomic E-state index is 12.0. The van der Waals surface area contributed by atoms with Crippen molar-refractivity contribution >= 4 is 0 Å². The summed E-state index contributed by atoms with van der Waals surface area (Å²) in [6.07, 6.45) is 5.63. The molecule has 1 atom stereocenters. The summed E-state index contributed by atoms with van der Waals surface area (Å²) in [5.41, 5.74) is 3.75. The van der Waals surface area contributed by atoms with Crippen LogP contribution >= 0.6 is 0 Å². The molecule has 0 fully saturated rings. The maximum Gasteiger partial charge on any atom is 0.387 e. The van der Waals surface area contributed by atoms with Crippen molar-refractivity contribution in [3.05, 3.63) is 29.8 Å². The van der Waals surface area contributed by atoms with Gasteiger partial charge in [0.15, 0.2) is 0 Å². The fraction of sp³-hybridized carbons (Fsp3) is 0.571. The fourth-order valence-electron chi connectivity index (χ4n) is 2.00. The number of rotatable bonds is 9. The Bertz CT molecular complexity index is 344. The van der Waals surface area contributed by atoms with Gasteiger partial charge in [-0.2, -0.15) is 8.78 Å². The van der Waals surface area contributed by atoms with Gasteiger partial charge in [-0.15, -0.1) is 0 Å². The molecule has 1 aromatic rings. The van der Waals surface area contributed by atoms with Gasteiger partial charge in [0, 0.05) is 6.04 Å². The largest absolute Gasteiger partial charge is 0.435 e. The summed E-state index contributed by atoms with van der Waals surface area (Å²) in [6.45, 7) is -0.622. The standard InChI is InChI=1S/C14H22F2N2O/c1-2-3-4-5-6-13(18-17)11-7-9-12(10-8-11)19-14(15)16/h7-10,13-14,18H,2-6,17H2,1H3. The number of nitrogens with one attached hydrogen (secondary N) is 1. The summed E-state index contributed by atoms with van der Waals surface area (Å²) in [7, 11) is 0. The van der Waals surface area contributed by atoms with Crippen molar-refractivity contribution in [2.45, 2.75) is 51.7 Å². The number of nitrogens with two attached hydrogens (primary N) is 1. The van der Waals surface area contributed by atoms with Gasteiger partial charge >= 0.3 is 6.61 Å². The molecule has 108 valence electrons. The highest BCUT2D eigenvalue weighted by atomic mass is 19.3. The molecule has 1 unspecified atom stereocenters. The normalized spacial score (nSPS) is 12.7. The van der Waals surface area contributed by atoms with Gasteiger partial charge in [-0.3, -0.25) is 11.3 Å². The zero-order chi connectivity index (χ0) is 14.1. The van der Waals surface area contributed by atoms with Gasteiger partial charge in [-0.25, -0.2) is 0 Å².